The van der Waals surface area contributed by atoms with Gasteiger partial charge in [0, 0.05) is 69.4 Å². The lowest BCUT2D eigenvalue weighted by molar-refractivity contribution is -0.140. The van der Waals surface area contributed by atoms with Crippen LogP contribution in [0.3, 0.4) is 0 Å². The lowest BCUT2D eigenvalue weighted by Crippen LogP contribution is -2.47. The van der Waals surface area contributed by atoms with E-state index < -0.39 is 5.41 Å². The van der Waals surface area contributed by atoms with Crippen molar-refractivity contribution in [2.75, 3.05) is 32.7 Å². The topological polar surface area (TPSA) is 78.8 Å². The lowest BCUT2D eigenvalue weighted by Gasteiger charge is -2.35. The van der Waals surface area contributed by atoms with Gasteiger partial charge in [0.05, 0.1) is 5.92 Å². The molecule has 1 saturated heterocycles. The highest BCUT2D eigenvalue weighted by Gasteiger charge is 2.36. The summed E-state index contributed by atoms with van der Waals surface area (Å²) in [6.07, 6.45) is 2.32. The largest absolute Gasteiger partial charge is 0.343 e. The van der Waals surface area contributed by atoms with Gasteiger partial charge in [-0.1, -0.05) is 20.8 Å². The zero-order chi connectivity index (χ0) is 22.9. The molecule has 3 rings (SSSR count). The number of hydrogen-bond donors (Lipinski definition) is 0. The van der Waals surface area contributed by atoms with E-state index in [1.165, 1.54) is 0 Å². The monoisotopic (exact) mass is 431 g/mol. The van der Waals surface area contributed by atoms with Crippen LogP contribution in [0.25, 0.3) is 0 Å². The van der Waals surface area contributed by atoms with Crippen LogP contribution in [-0.2, 0) is 29.6 Å². The van der Waals surface area contributed by atoms with E-state index in [2.05, 4.69) is 5.10 Å². The number of fused-ring (bicyclic) bond motifs is 1. The van der Waals surface area contributed by atoms with Gasteiger partial charge in [0.25, 0.3) is 5.91 Å². The number of amides is 3. The van der Waals surface area contributed by atoms with Crippen LogP contribution in [0.2, 0.25) is 0 Å². The number of carbonyl (C=O) groups is 3. The number of rotatable bonds is 4. The molecular formula is C23H37N5O3. The van der Waals surface area contributed by atoms with Crippen LogP contribution in [0.4, 0.5) is 0 Å². The lowest BCUT2D eigenvalue weighted by atomic mass is 9.92. The fraction of sp³-hybridized carbons (Fsp3) is 0.739. The molecule has 0 spiro atoms. The first-order chi connectivity index (χ1) is 14.6. The highest BCUT2D eigenvalue weighted by Crippen LogP contribution is 2.28. The van der Waals surface area contributed by atoms with E-state index in [0.29, 0.717) is 51.4 Å². The van der Waals surface area contributed by atoms with Gasteiger partial charge in [-0.2, -0.15) is 5.10 Å². The van der Waals surface area contributed by atoms with E-state index in [4.69, 9.17) is 0 Å². The van der Waals surface area contributed by atoms with Gasteiger partial charge in [0.2, 0.25) is 11.8 Å². The number of nitrogens with zero attached hydrogens (tertiary/aromatic N) is 5. The summed E-state index contributed by atoms with van der Waals surface area (Å²) in [7, 11) is 1.86. The predicted molar refractivity (Wildman–Crippen MR) is 118 cm³/mol. The quantitative estimate of drug-likeness (QED) is 0.731. The molecule has 0 bridgehead atoms. The minimum atomic E-state index is -0.464. The zero-order valence-electron chi connectivity index (χ0n) is 19.9. The Labute approximate surface area is 185 Å². The van der Waals surface area contributed by atoms with E-state index in [-0.39, 0.29) is 23.6 Å². The molecular weight excluding hydrogens is 394 g/mol. The summed E-state index contributed by atoms with van der Waals surface area (Å²) in [4.78, 5) is 44.6. The van der Waals surface area contributed by atoms with Crippen molar-refractivity contribution >= 4 is 17.7 Å². The highest BCUT2D eigenvalue weighted by atomic mass is 16.2. The summed E-state index contributed by atoms with van der Waals surface area (Å²) < 4.78 is 1.78. The van der Waals surface area contributed by atoms with Crippen molar-refractivity contribution in [3.63, 3.8) is 0 Å². The van der Waals surface area contributed by atoms with E-state index in [1.54, 1.807) is 9.58 Å². The molecule has 2 aliphatic rings. The van der Waals surface area contributed by atoms with Crippen LogP contribution in [0.1, 0.15) is 69.2 Å². The molecule has 1 aromatic heterocycles. The van der Waals surface area contributed by atoms with Gasteiger partial charge in [-0.05, 0) is 26.7 Å². The summed E-state index contributed by atoms with van der Waals surface area (Å²) in [5, 5.41) is 4.55. The zero-order valence-corrected chi connectivity index (χ0v) is 19.9. The average molecular weight is 432 g/mol. The molecule has 0 saturated carbocycles. The Bertz CT molecular complexity index is 850. The SMILES string of the molecule is CCN(CC)C(=O)C1CCCN(C(=O)c2nn(C)c3c2CN(C(=O)C(C)(C)C)CC3)C1. The highest BCUT2D eigenvalue weighted by molar-refractivity contribution is 5.95. The van der Waals surface area contributed by atoms with Gasteiger partial charge in [0.1, 0.15) is 0 Å². The van der Waals surface area contributed by atoms with Crippen molar-refractivity contribution in [3.05, 3.63) is 17.0 Å². The van der Waals surface area contributed by atoms with E-state index in [1.807, 2.05) is 51.5 Å². The van der Waals surface area contributed by atoms with Crippen molar-refractivity contribution in [1.29, 1.82) is 0 Å². The normalized spacial score (nSPS) is 19.2. The Morgan fingerprint density at radius 1 is 1.10 bits per heavy atom. The van der Waals surface area contributed by atoms with Crippen LogP contribution in [0.15, 0.2) is 0 Å². The maximum atomic E-state index is 13.5. The Morgan fingerprint density at radius 2 is 1.77 bits per heavy atom. The maximum Gasteiger partial charge on any atom is 0.274 e. The standard InChI is InChI=1S/C23H37N5O3/c1-7-26(8-2)20(29)16-10-9-12-27(14-16)21(30)19-17-15-28(22(31)23(3,4)5)13-11-18(17)25(6)24-19/h16H,7-15H2,1-6H3. The summed E-state index contributed by atoms with van der Waals surface area (Å²) in [5.41, 5.74) is 1.84. The van der Waals surface area contributed by atoms with E-state index in [0.717, 1.165) is 24.1 Å². The van der Waals surface area contributed by atoms with Gasteiger partial charge in [-0.25, -0.2) is 0 Å². The summed E-state index contributed by atoms with van der Waals surface area (Å²) >= 11 is 0. The van der Waals surface area contributed by atoms with Gasteiger partial charge in [0.15, 0.2) is 5.69 Å². The third-order valence-corrected chi connectivity index (χ3v) is 6.51. The molecule has 1 aromatic rings. The molecule has 0 radical (unpaired) electrons. The second kappa shape index (κ2) is 9.01. The molecule has 3 amide bonds. The van der Waals surface area contributed by atoms with Crippen molar-refractivity contribution in [1.82, 2.24) is 24.5 Å². The molecule has 8 heteroatoms. The van der Waals surface area contributed by atoms with Crippen LogP contribution in [0, 0.1) is 11.3 Å². The molecule has 2 aliphatic heterocycles. The molecule has 1 unspecified atom stereocenters. The van der Waals surface area contributed by atoms with Crippen molar-refractivity contribution in [2.45, 2.75) is 60.4 Å². The van der Waals surface area contributed by atoms with Crippen molar-refractivity contribution in [3.8, 4) is 0 Å². The summed E-state index contributed by atoms with van der Waals surface area (Å²) in [6.45, 7) is 13.2. The molecule has 3 heterocycles. The first kappa shape index (κ1) is 23.3. The van der Waals surface area contributed by atoms with Gasteiger partial charge in [-0.3, -0.25) is 19.1 Å². The Morgan fingerprint density at radius 3 is 2.39 bits per heavy atom. The fourth-order valence-corrected chi connectivity index (χ4v) is 4.72. The summed E-state index contributed by atoms with van der Waals surface area (Å²) in [5.74, 6) is -0.0641. The average Bonchev–Trinajstić information content (AvgIpc) is 3.08. The molecule has 1 fully saturated rings. The first-order valence-electron chi connectivity index (χ1n) is 11.5. The molecule has 172 valence electrons. The predicted octanol–water partition coefficient (Wildman–Crippen LogP) is 2.07. The number of likely N-dealkylation sites (tertiary alicyclic amines) is 1. The van der Waals surface area contributed by atoms with Crippen molar-refractivity contribution in [2.24, 2.45) is 18.4 Å². The molecule has 8 nitrogen and oxygen atoms in total. The smallest absolute Gasteiger partial charge is 0.274 e. The second-order valence-electron chi connectivity index (χ2n) is 9.73. The number of aromatic nitrogens is 2. The summed E-state index contributed by atoms with van der Waals surface area (Å²) in [6, 6.07) is 0. The Kier molecular flexibility index (Phi) is 6.76. The molecule has 31 heavy (non-hydrogen) atoms. The van der Waals surface area contributed by atoms with Crippen LogP contribution < -0.4 is 0 Å². The minimum Gasteiger partial charge on any atom is -0.343 e. The number of piperidine rings is 1. The van der Waals surface area contributed by atoms with Crippen molar-refractivity contribution < 1.29 is 14.4 Å². The van der Waals surface area contributed by atoms with Crippen LogP contribution in [-0.4, -0.2) is 74.9 Å². The first-order valence-corrected chi connectivity index (χ1v) is 11.5. The van der Waals surface area contributed by atoms with Gasteiger partial charge in [-0.15, -0.1) is 0 Å². The Hall–Kier alpha value is -2.38. The minimum absolute atomic E-state index is 0.0863. The number of hydrogen-bond acceptors (Lipinski definition) is 4. The third kappa shape index (κ3) is 4.62. The Balaban J connectivity index is 1.80. The van der Waals surface area contributed by atoms with Gasteiger partial charge >= 0.3 is 0 Å². The van der Waals surface area contributed by atoms with Crippen LogP contribution >= 0.6 is 0 Å². The molecule has 0 aliphatic carbocycles. The molecule has 0 aromatic carbocycles. The fourth-order valence-electron chi connectivity index (χ4n) is 4.72. The van der Waals surface area contributed by atoms with E-state index >= 15 is 0 Å². The number of carbonyl (C=O) groups excluding carboxylic acids is 3. The van der Waals surface area contributed by atoms with E-state index in [9.17, 15) is 14.4 Å². The van der Waals surface area contributed by atoms with Gasteiger partial charge < -0.3 is 14.7 Å². The number of aryl methyl sites for hydroxylation is 1. The third-order valence-electron chi connectivity index (χ3n) is 6.51. The van der Waals surface area contributed by atoms with Crippen LogP contribution in [0.5, 0.6) is 0 Å². The maximum absolute atomic E-state index is 13.5. The second-order valence-corrected chi connectivity index (χ2v) is 9.73. The molecule has 1 atom stereocenters. The molecule has 0 N–H and O–H groups in total.